The molecule has 7 heteroatoms. The predicted octanol–water partition coefficient (Wildman–Crippen LogP) is 2.66. The minimum Gasteiger partial charge on any atom is -0.492 e. The second-order valence-corrected chi connectivity index (χ2v) is 7.22. The Balaban J connectivity index is 1.36. The third kappa shape index (κ3) is 4.82. The lowest BCUT2D eigenvalue weighted by atomic mass is 10.2. The maximum Gasteiger partial charge on any atom is 0.281 e. The highest BCUT2D eigenvalue weighted by Gasteiger charge is 2.31. The highest BCUT2D eigenvalue weighted by molar-refractivity contribution is 7.80. The van der Waals surface area contributed by atoms with Crippen LogP contribution in [0.2, 0.25) is 0 Å². The van der Waals surface area contributed by atoms with Crippen molar-refractivity contribution in [3.05, 3.63) is 65.9 Å². The summed E-state index contributed by atoms with van der Waals surface area (Å²) in [6.45, 7) is 5.03. The number of nitrogens with one attached hydrogen (secondary N) is 1. The number of benzene rings is 2. The van der Waals surface area contributed by atoms with E-state index < -0.39 is 0 Å². The van der Waals surface area contributed by atoms with Crippen LogP contribution >= 0.6 is 12.2 Å². The number of anilines is 1. The number of para-hydroxylation sites is 1. The number of hydrogen-bond donors (Lipinski definition) is 1. The Morgan fingerprint density at radius 1 is 1.07 bits per heavy atom. The second-order valence-electron chi connectivity index (χ2n) is 6.84. The number of nitrogens with zero attached hydrogens (tertiary/aromatic N) is 2. The highest BCUT2D eigenvalue weighted by atomic mass is 32.1. The Hall–Kier alpha value is -2.74. The normalized spacial score (nSPS) is 18.9. The molecule has 0 unspecified atom stereocenters. The summed E-state index contributed by atoms with van der Waals surface area (Å²) in [4.78, 5) is 16.6. The molecule has 1 amide bonds. The van der Waals surface area contributed by atoms with Gasteiger partial charge in [-0.15, -0.1) is 0 Å². The van der Waals surface area contributed by atoms with E-state index in [-0.39, 0.29) is 5.91 Å². The lowest BCUT2D eigenvalue weighted by Crippen LogP contribution is -2.38. The van der Waals surface area contributed by atoms with E-state index in [9.17, 15) is 4.79 Å². The second kappa shape index (κ2) is 9.17. The van der Waals surface area contributed by atoms with Crippen molar-refractivity contribution in [2.45, 2.75) is 0 Å². The lowest BCUT2D eigenvalue weighted by Gasteiger charge is -2.26. The SMILES string of the molecule is O=C1/C(=C\c2ccc(OCCN3CCOCC3)cc2)NC(=S)N1c1ccccc1. The molecule has 0 atom stereocenters. The van der Waals surface area contributed by atoms with E-state index in [1.165, 1.54) is 4.90 Å². The number of hydrogen-bond acceptors (Lipinski definition) is 5. The monoisotopic (exact) mass is 409 g/mol. The zero-order chi connectivity index (χ0) is 20.1. The van der Waals surface area contributed by atoms with E-state index in [4.69, 9.17) is 21.7 Å². The molecule has 29 heavy (non-hydrogen) atoms. The lowest BCUT2D eigenvalue weighted by molar-refractivity contribution is -0.113. The van der Waals surface area contributed by atoms with Crippen LogP contribution in [0.3, 0.4) is 0 Å². The molecule has 150 valence electrons. The van der Waals surface area contributed by atoms with E-state index in [2.05, 4.69) is 10.2 Å². The van der Waals surface area contributed by atoms with Crippen LogP contribution in [0.4, 0.5) is 5.69 Å². The first-order chi connectivity index (χ1) is 14.2. The summed E-state index contributed by atoms with van der Waals surface area (Å²) in [6, 6.07) is 17.1. The van der Waals surface area contributed by atoms with Gasteiger partial charge >= 0.3 is 0 Å². The van der Waals surface area contributed by atoms with Gasteiger partial charge in [-0.3, -0.25) is 14.6 Å². The summed E-state index contributed by atoms with van der Waals surface area (Å²) in [5.41, 5.74) is 2.11. The number of ether oxygens (including phenoxy) is 2. The molecule has 2 aliphatic heterocycles. The van der Waals surface area contributed by atoms with Crippen LogP contribution in [0.25, 0.3) is 6.08 Å². The maximum atomic E-state index is 12.7. The van der Waals surface area contributed by atoms with Gasteiger partial charge in [-0.1, -0.05) is 30.3 Å². The van der Waals surface area contributed by atoms with Crippen LogP contribution in [0.5, 0.6) is 5.75 Å². The first-order valence-corrected chi connectivity index (χ1v) is 10.1. The van der Waals surface area contributed by atoms with Crippen LogP contribution in [0, 0.1) is 0 Å². The van der Waals surface area contributed by atoms with Crippen molar-refractivity contribution >= 4 is 35.0 Å². The van der Waals surface area contributed by atoms with Gasteiger partial charge in [0.2, 0.25) is 0 Å². The molecule has 6 nitrogen and oxygen atoms in total. The first kappa shape index (κ1) is 19.6. The molecule has 4 rings (SSSR count). The molecule has 2 fully saturated rings. The van der Waals surface area contributed by atoms with Gasteiger partial charge < -0.3 is 14.8 Å². The van der Waals surface area contributed by atoms with E-state index in [0.29, 0.717) is 17.4 Å². The average Bonchev–Trinajstić information content (AvgIpc) is 3.03. The molecule has 2 heterocycles. The average molecular weight is 410 g/mol. The molecular formula is C22H23N3O3S. The van der Waals surface area contributed by atoms with Crippen molar-refractivity contribution in [2.75, 3.05) is 44.4 Å². The van der Waals surface area contributed by atoms with Crippen molar-refractivity contribution in [2.24, 2.45) is 0 Å². The molecular weight excluding hydrogens is 386 g/mol. The molecule has 0 bridgehead atoms. The number of amides is 1. The highest BCUT2D eigenvalue weighted by Crippen LogP contribution is 2.22. The molecule has 0 radical (unpaired) electrons. The minimum atomic E-state index is -0.160. The van der Waals surface area contributed by atoms with Gasteiger partial charge in [0.15, 0.2) is 5.11 Å². The summed E-state index contributed by atoms with van der Waals surface area (Å²) in [7, 11) is 0. The number of thiocarbonyl (C=S) groups is 1. The van der Waals surface area contributed by atoms with Crippen LogP contribution in [0.1, 0.15) is 5.56 Å². The van der Waals surface area contributed by atoms with Crippen molar-refractivity contribution in [1.82, 2.24) is 10.2 Å². The molecule has 2 aromatic carbocycles. The van der Waals surface area contributed by atoms with Crippen LogP contribution in [0.15, 0.2) is 60.3 Å². The minimum absolute atomic E-state index is 0.160. The van der Waals surface area contributed by atoms with E-state index >= 15 is 0 Å². The van der Waals surface area contributed by atoms with Gasteiger partial charge in [-0.2, -0.15) is 0 Å². The van der Waals surface area contributed by atoms with Gasteiger partial charge in [0, 0.05) is 19.6 Å². The topological polar surface area (TPSA) is 54.0 Å². The van der Waals surface area contributed by atoms with Crippen molar-refractivity contribution in [3.8, 4) is 5.75 Å². The van der Waals surface area contributed by atoms with Gasteiger partial charge in [0.25, 0.3) is 5.91 Å². The Kier molecular flexibility index (Phi) is 6.19. The summed E-state index contributed by atoms with van der Waals surface area (Å²) >= 11 is 5.34. The number of carbonyl (C=O) groups excluding carboxylic acids is 1. The van der Waals surface area contributed by atoms with E-state index in [1.54, 1.807) is 6.08 Å². The quantitative estimate of drug-likeness (QED) is 0.585. The molecule has 0 saturated carbocycles. The van der Waals surface area contributed by atoms with E-state index in [0.717, 1.165) is 49.8 Å². The fraction of sp³-hybridized carbons (Fsp3) is 0.273. The molecule has 2 aromatic rings. The molecule has 0 spiro atoms. The Morgan fingerprint density at radius 3 is 2.52 bits per heavy atom. The van der Waals surface area contributed by atoms with Crippen LogP contribution in [-0.2, 0) is 9.53 Å². The molecule has 2 aliphatic rings. The van der Waals surface area contributed by atoms with Gasteiger partial charge in [-0.05, 0) is 48.1 Å². The molecule has 0 aliphatic carbocycles. The fourth-order valence-corrected chi connectivity index (χ4v) is 3.59. The zero-order valence-corrected chi connectivity index (χ0v) is 16.9. The predicted molar refractivity (Wildman–Crippen MR) is 117 cm³/mol. The number of morpholine rings is 1. The van der Waals surface area contributed by atoms with Crippen molar-refractivity contribution < 1.29 is 14.3 Å². The third-order valence-corrected chi connectivity index (χ3v) is 5.15. The Labute approximate surface area is 175 Å². The maximum absolute atomic E-state index is 12.7. The third-order valence-electron chi connectivity index (χ3n) is 4.86. The van der Waals surface area contributed by atoms with E-state index in [1.807, 2.05) is 54.6 Å². The summed E-state index contributed by atoms with van der Waals surface area (Å²) in [5, 5.41) is 3.39. The fourth-order valence-electron chi connectivity index (χ4n) is 3.29. The summed E-state index contributed by atoms with van der Waals surface area (Å²) < 4.78 is 11.2. The van der Waals surface area contributed by atoms with Gasteiger partial charge in [0.05, 0.1) is 18.9 Å². The Morgan fingerprint density at radius 2 is 1.79 bits per heavy atom. The molecule has 1 N–H and O–H groups in total. The Bertz CT molecular complexity index is 893. The number of carbonyl (C=O) groups is 1. The largest absolute Gasteiger partial charge is 0.492 e. The summed E-state index contributed by atoms with van der Waals surface area (Å²) in [6.07, 6.45) is 1.80. The smallest absolute Gasteiger partial charge is 0.281 e. The first-order valence-electron chi connectivity index (χ1n) is 9.66. The zero-order valence-electron chi connectivity index (χ0n) is 16.0. The van der Waals surface area contributed by atoms with Gasteiger partial charge in [0.1, 0.15) is 18.1 Å². The van der Waals surface area contributed by atoms with Crippen molar-refractivity contribution in [3.63, 3.8) is 0 Å². The number of rotatable bonds is 6. The van der Waals surface area contributed by atoms with Crippen molar-refractivity contribution in [1.29, 1.82) is 0 Å². The van der Waals surface area contributed by atoms with Crippen LogP contribution < -0.4 is 15.0 Å². The molecule has 0 aromatic heterocycles. The van der Waals surface area contributed by atoms with Gasteiger partial charge in [-0.25, -0.2) is 0 Å². The molecule has 2 saturated heterocycles. The summed E-state index contributed by atoms with van der Waals surface area (Å²) in [5.74, 6) is 0.652. The van der Waals surface area contributed by atoms with Crippen LogP contribution in [-0.4, -0.2) is 55.4 Å². The standard InChI is InChI=1S/C22H23N3O3S/c26-21-20(23-22(29)25(21)18-4-2-1-3-5-18)16-17-6-8-19(9-7-17)28-15-12-24-10-13-27-14-11-24/h1-9,16H,10-15H2,(H,23,29)/b20-16+.